The van der Waals surface area contributed by atoms with Gasteiger partial charge in [-0.2, -0.15) is 0 Å². The summed E-state index contributed by atoms with van der Waals surface area (Å²) in [6, 6.07) is 0. The van der Waals surface area contributed by atoms with E-state index in [-0.39, 0.29) is 0 Å². The maximum atomic E-state index is 5.36. The van der Waals surface area contributed by atoms with Gasteiger partial charge in [-0.25, -0.2) is 0 Å². The van der Waals surface area contributed by atoms with Gasteiger partial charge < -0.3 is 9.47 Å². The molecular formula is C10H8O2. The zero-order valence-corrected chi connectivity index (χ0v) is 6.54. The monoisotopic (exact) mass is 160 g/mol. The average Bonchev–Trinajstić information content (AvgIpc) is 2.62. The Labute approximate surface area is 70.5 Å². The summed E-state index contributed by atoms with van der Waals surface area (Å²) >= 11 is 0. The molecule has 0 N–H and O–H groups in total. The molecule has 1 fully saturated rings. The normalized spacial score (nSPS) is 24.0. The molecule has 2 heteroatoms. The smallest absolute Gasteiger partial charge is 0.231 e. The second kappa shape index (κ2) is 2.03. The molecule has 12 heavy (non-hydrogen) atoms. The summed E-state index contributed by atoms with van der Waals surface area (Å²) in [4.78, 5) is 0. The predicted molar refractivity (Wildman–Crippen MR) is 44.0 cm³/mol. The summed E-state index contributed by atoms with van der Waals surface area (Å²) in [6.07, 6.45) is 9.29. The first kappa shape index (κ1) is 6.12. The van der Waals surface area contributed by atoms with Crippen molar-refractivity contribution < 1.29 is 9.47 Å². The number of allylic oxidation sites excluding steroid dienone is 6. The van der Waals surface area contributed by atoms with Gasteiger partial charge in [0.15, 0.2) is 11.5 Å². The second-order valence-electron chi connectivity index (χ2n) is 2.98. The molecular weight excluding hydrogens is 152 g/mol. The van der Waals surface area contributed by atoms with Crippen molar-refractivity contribution in [2.75, 3.05) is 6.79 Å². The largest absolute Gasteiger partial charge is 0.454 e. The van der Waals surface area contributed by atoms with Gasteiger partial charge >= 0.3 is 0 Å². The van der Waals surface area contributed by atoms with E-state index < -0.39 is 0 Å². The summed E-state index contributed by atoms with van der Waals surface area (Å²) < 4.78 is 10.6. The van der Waals surface area contributed by atoms with E-state index in [4.69, 9.17) is 9.47 Å². The first-order valence-corrected chi connectivity index (χ1v) is 4.03. The van der Waals surface area contributed by atoms with Gasteiger partial charge in [-0.15, -0.1) is 0 Å². The number of ether oxygens (including phenoxy) is 2. The highest BCUT2D eigenvalue weighted by atomic mass is 16.7. The second-order valence-corrected chi connectivity index (χ2v) is 2.98. The van der Waals surface area contributed by atoms with Gasteiger partial charge in [0.25, 0.3) is 0 Å². The van der Waals surface area contributed by atoms with Crippen LogP contribution in [0, 0.1) is 0 Å². The van der Waals surface area contributed by atoms with Crippen LogP contribution in [0.2, 0.25) is 0 Å². The van der Waals surface area contributed by atoms with Gasteiger partial charge in [0.2, 0.25) is 6.79 Å². The van der Waals surface area contributed by atoms with E-state index in [9.17, 15) is 0 Å². The van der Waals surface area contributed by atoms with Crippen molar-refractivity contribution in [3.63, 3.8) is 0 Å². The van der Waals surface area contributed by atoms with Gasteiger partial charge in [0, 0.05) is 5.57 Å². The number of rotatable bonds is 0. The van der Waals surface area contributed by atoms with Crippen LogP contribution in [0.1, 0.15) is 6.42 Å². The molecule has 1 saturated heterocycles. The molecule has 0 aromatic carbocycles. The maximum absolute atomic E-state index is 5.36. The molecule has 0 amide bonds. The topological polar surface area (TPSA) is 18.5 Å². The van der Waals surface area contributed by atoms with Gasteiger partial charge in [-0.05, 0) is 18.1 Å². The van der Waals surface area contributed by atoms with Gasteiger partial charge in [-0.3, -0.25) is 0 Å². The fraction of sp³-hybridized carbons (Fsp3) is 0.200. The first-order chi connectivity index (χ1) is 5.95. The molecule has 0 bridgehead atoms. The summed E-state index contributed by atoms with van der Waals surface area (Å²) in [5.74, 6) is 1.85. The molecule has 0 spiro atoms. The number of fused-ring (bicyclic) bond motifs is 2. The Morgan fingerprint density at radius 1 is 1.25 bits per heavy atom. The predicted octanol–water partition coefficient (Wildman–Crippen LogP) is 2.03. The minimum absolute atomic E-state index is 0.377. The highest BCUT2D eigenvalue weighted by Crippen LogP contribution is 2.39. The zero-order chi connectivity index (χ0) is 7.97. The quantitative estimate of drug-likeness (QED) is 0.539. The van der Waals surface area contributed by atoms with Crippen LogP contribution in [0.4, 0.5) is 0 Å². The Morgan fingerprint density at radius 2 is 2.25 bits per heavy atom. The van der Waals surface area contributed by atoms with Crippen LogP contribution in [-0.4, -0.2) is 6.79 Å². The molecule has 0 atom stereocenters. The van der Waals surface area contributed by atoms with E-state index in [1.165, 1.54) is 11.1 Å². The third-order valence-electron chi connectivity index (χ3n) is 2.28. The van der Waals surface area contributed by atoms with Crippen LogP contribution in [0.15, 0.2) is 47.0 Å². The van der Waals surface area contributed by atoms with Crippen LogP contribution < -0.4 is 0 Å². The van der Waals surface area contributed by atoms with Crippen molar-refractivity contribution >= 4 is 0 Å². The van der Waals surface area contributed by atoms with Gasteiger partial charge in [0.1, 0.15) is 0 Å². The van der Waals surface area contributed by atoms with Crippen molar-refractivity contribution in [1.82, 2.24) is 0 Å². The highest BCUT2D eigenvalue weighted by molar-refractivity contribution is 5.58. The lowest BCUT2D eigenvalue weighted by atomic mass is 10.0. The third-order valence-corrected chi connectivity index (χ3v) is 2.28. The van der Waals surface area contributed by atoms with Crippen LogP contribution in [0.25, 0.3) is 0 Å². The van der Waals surface area contributed by atoms with E-state index in [2.05, 4.69) is 18.2 Å². The molecule has 3 rings (SSSR count). The lowest BCUT2D eigenvalue weighted by molar-refractivity contribution is 0.0962. The minimum Gasteiger partial charge on any atom is -0.454 e. The van der Waals surface area contributed by atoms with E-state index in [1.807, 2.05) is 6.08 Å². The zero-order valence-electron chi connectivity index (χ0n) is 6.54. The molecule has 1 aliphatic heterocycles. The fourth-order valence-electron chi connectivity index (χ4n) is 1.71. The van der Waals surface area contributed by atoms with Crippen molar-refractivity contribution in [2.24, 2.45) is 0 Å². The molecule has 0 saturated carbocycles. The molecule has 0 aromatic heterocycles. The average molecular weight is 160 g/mol. The van der Waals surface area contributed by atoms with Crippen LogP contribution in [0.3, 0.4) is 0 Å². The van der Waals surface area contributed by atoms with Crippen molar-refractivity contribution in [3.8, 4) is 0 Å². The first-order valence-electron chi connectivity index (χ1n) is 4.03. The molecule has 2 aliphatic carbocycles. The Kier molecular flexibility index (Phi) is 1.04. The molecule has 0 aromatic rings. The van der Waals surface area contributed by atoms with Gasteiger partial charge in [0.05, 0.1) is 0 Å². The SMILES string of the molecule is C1=CCC2=C3OCOC3=CC2=C1. The lowest BCUT2D eigenvalue weighted by Crippen LogP contribution is -1.91. The standard InChI is InChI=1S/C10H8O2/c1-2-4-8-7(3-1)5-9-10(8)12-6-11-9/h1-3,5H,4,6H2. The Morgan fingerprint density at radius 3 is 3.25 bits per heavy atom. The van der Waals surface area contributed by atoms with Gasteiger partial charge in [-0.1, -0.05) is 18.2 Å². The van der Waals surface area contributed by atoms with Crippen molar-refractivity contribution in [2.45, 2.75) is 6.42 Å². The van der Waals surface area contributed by atoms with Crippen molar-refractivity contribution in [1.29, 1.82) is 0 Å². The molecule has 2 nitrogen and oxygen atoms in total. The van der Waals surface area contributed by atoms with E-state index in [1.54, 1.807) is 0 Å². The summed E-state index contributed by atoms with van der Waals surface area (Å²) in [5, 5.41) is 0. The van der Waals surface area contributed by atoms with Crippen LogP contribution in [-0.2, 0) is 9.47 Å². The molecule has 3 aliphatic rings. The van der Waals surface area contributed by atoms with E-state index in [0.717, 1.165) is 17.9 Å². The van der Waals surface area contributed by atoms with Crippen molar-refractivity contribution in [3.05, 3.63) is 47.0 Å². The van der Waals surface area contributed by atoms with E-state index >= 15 is 0 Å². The van der Waals surface area contributed by atoms with Crippen LogP contribution in [0.5, 0.6) is 0 Å². The Balaban J connectivity index is 2.17. The third kappa shape index (κ3) is 0.644. The maximum Gasteiger partial charge on any atom is 0.231 e. The van der Waals surface area contributed by atoms with E-state index in [0.29, 0.717) is 6.79 Å². The fourth-order valence-corrected chi connectivity index (χ4v) is 1.71. The minimum atomic E-state index is 0.377. The summed E-state index contributed by atoms with van der Waals surface area (Å²) in [7, 11) is 0. The molecule has 0 unspecified atom stereocenters. The Bertz CT molecular complexity index is 356. The number of hydrogen-bond donors (Lipinski definition) is 0. The summed E-state index contributed by atoms with van der Waals surface area (Å²) in [5.41, 5.74) is 2.51. The number of hydrogen-bond acceptors (Lipinski definition) is 2. The molecule has 60 valence electrons. The highest BCUT2D eigenvalue weighted by Gasteiger charge is 2.28. The molecule has 0 radical (unpaired) electrons. The van der Waals surface area contributed by atoms with Crippen LogP contribution >= 0.6 is 0 Å². The lowest BCUT2D eigenvalue weighted by Gasteiger charge is -2.05. The molecule has 1 heterocycles. The Hall–Kier alpha value is -1.44. The summed E-state index contributed by atoms with van der Waals surface area (Å²) in [6.45, 7) is 0.377.